The van der Waals surface area contributed by atoms with Gasteiger partial charge in [-0.25, -0.2) is 4.39 Å². The molecular weight excluding hydrogens is 335 g/mol. The van der Waals surface area contributed by atoms with E-state index >= 15 is 0 Å². The van der Waals surface area contributed by atoms with Crippen LogP contribution in [-0.4, -0.2) is 10.5 Å². The number of allylic oxidation sites excluding steroid dienone is 1. The highest BCUT2D eigenvalue weighted by Crippen LogP contribution is 2.20. The number of amides is 1. The molecule has 0 aliphatic heterocycles. The Morgan fingerprint density at radius 2 is 2.13 bits per heavy atom. The molecule has 3 aromatic rings. The average molecular weight is 347 g/mol. The summed E-state index contributed by atoms with van der Waals surface area (Å²) in [5.74, 6) is -0.769. The molecule has 6 heteroatoms. The Labute approximate surface area is 141 Å². The van der Waals surface area contributed by atoms with Crippen LogP contribution in [0.2, 0.25) is 5.02 Å². The zero-order chi connectivity index (χ0) is 16.4. The maximum absolute atomic E-state index is 14.1. The fourth-order valence-electron chi connectivity index (χ4n) is 2.24. The van der Waals surface area contributed by atoms with Gasteiger partial charge in [0.05, 0.1) is 10.2 Å². The Hall–Kier alpha value is -2.24. The van der Waals surface area contributed by atoms with Gasteiger partial charge in [0.25, 0.3) is 5.91 Å². The van der Waals surface area contributed by atoms with Crippen LogP contribution in [-0.2, 0) is 6.54 Å². The Morgan fingerprint density at radius 3 is 2.87 bits per heavy atom. The van der Waals surface area contributed by atoms with Gasteiger partial charge in [-0.3, -0.25) is 4.79 Å². The molecule has 1 heterocycles. The maximum Gasteiger partial charge on any atom is 0.279 e. The monoisotopic (exact) mass is 346 g/mol. The van der Waals surface area contributed by atoms with Crippen molar-refractivity contribution in [3.8, 4) is 0 Å². The van der Waals surface area contributed by atoms with E-state index in [2.05, 4.69) is 11.6 Å². The Morgan fingerprint density at radius 1 is 1.35 bits per heavy atom. The Bertz CT molecular complexity index is 974. The Kier molecular flexibility index (Phi) is 4.41. The molecule has 0 aliphatic rings. The van der Waals surface area contributed by atoms with Crippen molar-refractivity contribution in [2.45, 2.75) is 6.54 Å². The molecule has 23 heavy (non-hydrogen) atoms. The first-order valence-corrected chi connectivity index (χ1v) is 8.03. The van der Waals surface area contributed by atoms with E-state index in [4.69, 9.17) is 11.6 Å². The maximum atomic E-state index is 14.1. The first-order chi connectivity index (χ1) is 11.1. The third-order valence-electron chi connectivity index (χ3n) is 3.23. The number of halogens is 2. The zero-order valence-corrected chi connectivity index (χ0v) is 13.6. The molecule has 3 rings (SSSR count). The minimum Gasteiger partial charge on any atom is -0.310 e. The molecule has 0 bridgehead atoms. The van der Waals surface area contributed by atoms with Crippen LogP contribution in [0, 0.1) is 5.82 Å². The molecular formula is C17H12ClFN2OS. The number of carbonyl (C=O) groups is 1. The summed E-state index contributed by atoms with van der Waals surface area (Å²) in [6.07, 6.45) is 1.64. The van der Waals surface area contributed by atoms with Gasteiger partial charge in [0.2, 0.25) is 0 Å². The summed E-state index contributed by atoms with van der Waals surface area (Å²) in [7, 11) is 0. The van der Waals surface area contributed by atoms with Crippen molar-refractivity contribution in [2.75, 3.05) is 0 Å². The summed E-state index contributed by atoms with van der Waals surface area (Å²) in [4.78, 5) is 16.9. The number of rotatable bonds is 3. The lowest BCUT2D eigenvalue weighted by Crippen LogP contribution is -2.16. The minimum absolute atomic E-state index is 0.350. The van der Waals surface area contributed by atoms with Crippen LogP contribution < -0.4 is 4.80 Å². The fourth-order valence-corrected chi connectivity index (χ4v) is 3.49. The van der Waals surface area contributed by atoms with E-state index in [9.17, 15) is 9.18 Å². The first kappa shape index (κ1) is 15.6. The lowest BCUT2D eigenvalue weighted by Gasteiger charge is -2.01. The largest absolute Gasteiger partial charge is 0.310 e. The first-order valence-electron chi connectivity index (χ1n) is 6.83. The molecule has 0 fully saturated rings. The number of nitrogens with zero attached hydrogens (tertiary/aromatic N) is 2. The van der Waals surface area contributed by atoms with E-state index in [-0.39, 0.29) is 5.82 Å². The number of para-hydroxylation sites is 1. The van der Waals surface area contributed by atoms with Gasteiger partial charge in [0, 0.05) is 17.1 Å². The molecule has 1 aromatic heterocycles. The number of carbonyl (C=O) groups excluding carboxylic acids is 1. The summed E-state index contributed by atoms with van der Waals surface area (Å²) in [5.41, 5.74) is 0.815. The molecule has 2 aromatic carbocycles. The molecule has 116 valence electrons. The van der Waals surface area contributed by atoms with E-state index in [1.54, 1.807) is 47.0 Å². The molecule has 0 radical (unpaired) electrons. The zero-order valence-electron chi connectivity index (χ0n) is 12.0. The minimum atomic E-state index is -0.419. The van der Waals surface area contributed by atoms with E-state index in [0.717, 1.165) is 4.70 Å². The van der Waals surface area contributed by atoms with Crippen LogP contribution in [0.1, 0.15) is 10.4 Å². The van der Waals surface area contributed by atoms with Crippen LogP contribution in [0.25, 0.3) is 10.2 Å². The quantitative estimate of drug-likeness (QED) is 0.646. The number of thiazole rings is 1. The van der Waals surface area contributed by atoms with Crippen molar-refractivity contribution >= 4 is 39.1 Å². The highest BCUT2D eigenvalue weighted by Gasteiger charge is 2.11. The van der Waals surface area contributed by atoms with Gasteiger partial charge in [0.15, 0.2) is 4.80 Å². The molecule has 0 saturated carbocycles. The van der Waals surface area contributed by atoms with E-state index in [0.29, 0.717) is 27.4 Å². The van der Waals surface area contributed by atoms with Crippen molar-refractivity contribution in [3.05, 3.63) is 76.3 Å². The summed E-state index contributed by atoms with van der Waals surface area (Å²) in [5, 5.41) is 0.465. The summed E-state index contributed by atoms with van der Waals surface area (Å²) < 4.78 is 16.5. The van der Waals surface area contributed by atoms with Crippen LogP contribution in [0.3, 0.4) is 0 Å². The topological polar surface area (TPSA) is 34.4 Å². The molecule has 0 N–H and O–H groups in total. The molecule has 0 atom stereocenters. The normalized spacial score (nSPS) is 11.8. The molecule has 3 nitrogen and oxygen atoms in total. The second-order valence-electron chi connectivity index (χ2n) is 4.80. The summed E-state index contributed by atoms with van der Waals surface area (Å²) in [6, 6.07) is 11.4. The number of fused-ring (bicyclic) bond motifs is 1. The molecule has 1 amide bonds. The van der Waals surface area contributed by atoms with E-state index in [1.807, 2.05) is 0 Å². The van der Waals surface area contributed by atoms with Crippen molar-refractivity contribution in [3.63, 3.8) is 0 Å². The molecule has 0 aliphatic carbocycles. The lowest BCUT2D eigenvalue weighted by molar-refractivity contribution is 0.0998. The number of hydrogen-bond donors (Lipinski definition) is 0. The van der Waals surface area contributed by atoms with Gasteiger partial charge >= 0.3 is 0 Å². The van der Waals surface area contributed by atoms with Crippen molar-refractivity contribution in [1.29, 1.82) is 0 Å². The highest BCUT2D eigenvalue weighted by molar-refractivity contribution is 7.16. The van der Waals surface area contributed by atoms with Gasteiger partial charge in [-0.2, -0.15) is 4.99 Å². The molecule has 0 saturated heterocycles. The summed E-state index contributed by atoms with van der Waals surface area (Å²) in [6.45, 7) is 4.04. The van der Waals surface area contributed by atoms with Crippen LogP contribution >= 0.6 is 22.9 Å². The van der Waals surface area contributed by atoms with Crippen molar-refractivity contribution in [2.24, 2.45) is 4.99 Å². The SMILES string of the molecule is C=CCn1c(=NC(=O)c2cccc(Cl)c2)sc2cccc(F)c21. The third kappa shape index (κ3) is 3.11. The van der Waals surface area contributed by atoms with Gasteiger partial charge in [-0.1, -0.05) is 41.1 Å². The number of hydrogen-bond acceptors (Lipinski definition) is 2. The average Bonchev–Trinajstić information content (AvgIpc) is 2.86. The molecule has 0 unspecified atom stereocenters. The van der Waals surface area contributed by atoms with E-state index in [1.165, 1.54) is 17.4 Å². The van der Waals surface area contributed by atoms with Gasteiger partial charge in [-0.05, 0) is 30.3 Å². The highest BCUT2D eigenvalue weighted by atomic mass is 35.5. The lowest BCUT2D eigenvalue weighted by atomic mass is 10.2. The van der Waals surface area contributed by atoms with Crippen LogP contribution in [0.15, 0.2) is 60.1 Å². The van der Waals surface area contributed by atoms with Crippen LogP contribution in [0.4, 0.5) is 4.39 Å². The predicted molar refractivity (Wildman–Crippen MR) is 91.3 cm³/mol. The van der Waals surface area contributed by atoms with Gasteiger partial charge in [-0.15, -0.1) is 6.58 Å². The standard InChI is InChI=1S/C17H12ClFN2OS/c1-2-9-21-15-13(19)7-4-8-14(15)23-17(21)20-16(22)11-5-3-6-12(18)10-11/h2-8,10H,1,9H2. The van der Waals surface area contributed by atoms with Crippen molar-refractivity contribution < 1.29 is 9.18 Å². The van der Waals surface area contributed by atoms with E-state index < -0.39 is 5.91 Å². The number of benzene rings is 2. The number of aromatic nitrogens is 1. The van der Waals surface area contributed by atoms with Gasteiger partial charge in [0.1, 0.15) is 5.82 Å². The molecule has 0 spiro atoms. The van der Waals surface area contributed by atoms with Crippen molar-refractivity contribution in [1.82, 2.24) is 4.57 Å². The smallest absolute Gasteiger partial charge is 0.279 e. The third-order valence-corrected chi connectivity index (χ3v) is 4.51. The Balaban J connectivity index is 2.18. The summed E-state index contributed by atoms with van der Waals surface area (Å²) >= 11 is 7.16. The predicted octanol–water partition coefficient (Wildman–Crippen LogP) is 4.42. The second-order valence-corrected chi connectivity index (χ2v) is 6.24. The van der Waals surface area contributed by atoms with Crippen LogP contribution in [0.5, 0.6) is 0 Å². The van der Waals surface area contributed by atoms with Gasteiger partial charge < -0.3 is 4.57 Å². The second kappa shape index (κ2) is 6.48. The fraction of sp³-hybridized carbons (Fsp3) is 0.0588.